The minimum absolute atomic E-state index is 0.00240. The van der Waals surface area contributed by atoms with Crippen molar-refractivity contribution in [3.8, 4) is 0 Å². The van der Waals surface area contributed by atoms with Crippen molar-refractivity contribution in [3.05, 3.63) is 59.9 Å². The summed E-state index contributed by atoms with van der Waals surface area (Å²) in [5.41, 5.74) is -0.149. The first-order valence-corrected chi connectivity index (χ1v) is 7.47. The number of aromatic nitrogens is 1. The summed E-state index contributed by atoms with van der Waals surface area (Å²) in [7, 11) is 0. The van der Waals surface area contributed by atoms with E-state index in [2.05, 4.69) is 10.3 Å². The van der Waals surface area contributed by atoms with Crippen LogP contribution >= 0.6 is 0 Å². The minimum atomic E-state index is -4.51. The van der Waals surface area contributed by atoms with E-state index in [4.69, 9.17) is 0 Å². The summed E-state index contributed by atoms with van der Waals surface area (Å²) in [6, 6.07) is 8.62. The lowest BCUT2D eigenvalue weighted by Crippen LogP contribution is -2.33. The summed E-state index contributed by atoms with van der Waals surface area (Å²) in [6.45, 7) is 2.97. The highest BCUT2D eigenvalue weighted by atomic mass is 19.4. The van der Waals surface area contributed by atoms with Gasteiger partial charge in [0.25, 0.3) is 0 Å². The van der Waals surface area contributed by atoms with E-state index in [1.807, 2.05) is 17.9 Å². The maximum atomic E-state index is 12.9. The number of halogens is 3. The Bertz CT molecular complexity index is 674. The average molecular weight is 337 g/mol. The number of hydrogen-bond donors (Lipinski definition) is 1. The van der Waals surface area contributed by atoms with E-state index in [1.54, 1.807) is 18.5 Å². The highest BCUT2D eigenvalue weighted by molar-refractivity contribution is 5.93. The van der Waals surface area contributed by atoms with Gasteiger partial charge in [0.15, 0.2) is 0 Å². The van der Waals surface area contributed by atoms with Gasteiger partial charge in [0, 0.05) is 18.9 Å². The monoisotopic (exact) mass is 337 g/mol. The van der Waals surface area contributed by atoms with E-state index in [0.29, 0.717) is 13.1 Å². The van der Waals surface area contributed by atoms with Gasteiger partial charge in [0.2, 0.25) is 5.91 Å². The van der Waals surface area contributed by atoms with Gasteiger partial charge in [-0.25, -0.2) is 0 Å². The maximum absolute atomic E-state index is 12.9. The van der Waals surface area contributed by atoms with Gasteiger partial charge >= 0.3 is 6.18 Å². The van der Waals surface area contributed by atoms with Crippen molar-refractivity contribution >= 4 is 11.6 Å². The highest BCUT2D eigenvalue weighted by Crippen LogP contribution is 2.34. The van der Waals surface area contributed by atoms with Crippen LogP contribution in [0.15, 0.2) is 48.8 Å². The summed E-state index contributed by atoms with van der Waals surface area (Å²) in [4.78, 5) is 17.9. The Labute approximate surface area is 138 Å². The molecule has 0 aliphatic carbocycles. The zero-order valence-corrected chi connectivity index (χ0v) is 13.2. The van der Waals surface area contributed by atoms with Crippen LogP contribution in [0.2, 0.25) is 0 Å². The Morgan fingerprint density at radius 1 is 1.21 bits per heavy atom. The maximum Gasteiger partial charge on any atom is 0.418 e. The van der Waals surface area contributed by atoms with Crippen LogP contribution in [0.25, 0.3) is 0 Å². The van der Waals surface area contributed by atoms with Crippen LogP contribution in [-0.4, -0.2) is 28.9 Å². The standard InChI is InChI=1S/C17H18F3N3O/c1-2-23(11-13-6-5-9-21-10-13)12-16(24)22-15-8-4-3-7-14(15)17(18,19)20/h3-10H,2,11-12H2,1H3,(H,22,24). The Morgan fingerprint density at radius 3 is 2.58 bits per heavy atom. The molecule has 1 aromatic heterocycles. The van der Waals surface area contributed by atoms with Crippen LogP contribution in [0.5, 0.6) is 0 Å². The topological polar surface area (TPSA) is 45.2 Å². The number of pyridine rings is 1. The molecule has 2 aromatic rings. The molecule has 0 saturated carbocycles. The molecule has 128 valence electrons. The summed E-state index contributed by atoms with van der Waals surface area (Å²) >= 11 is 0. The fourth-order valence-corrected chi connectivity index (χ4v) is 2.26. The number of nitrogens with zero attached hydrogens (tertiary/aromatic N) is 2. The second kappa shape index (κ2) is 7.92. The van der Waals surface area contributed by atoms with E-state index < -0.39 is 17.6 Å². The summed E-state index contributed by atoms with van der Waals surface area (Å²) < 4.78 is 38.8. The number of nitrogens with one attached hydrogen (secondary N) is 1. The normalized spacial score (nSPS) is 11.5. The third kappa shape index (κ3) is 5.06. The molecule has 4 nitrogen and oxygen atoms in total. The van der Waals surface area contributed by atoms with E-state index in [-0.39, 0.29) is 12.2 Å². The highest BCUT2D eigenvalue weighted by Gasteiger charge is 2.33. The number of carbonyl (C=O) groups is 1. The predicted molar refractivity (Wildman–Crippen MR) is 85.3 cm³/mol. The van der Waals surface area contributed by atoms with Crippen LogP contribution in [-0.2, 0) is 17.5 Å². The Morgan fingerprint density at radius 2 is 1.96 bits per heavy atom. The van der Waals surface area contributed by atoms with Crippen LogP contribution in [0.3, 0.4) is 0 Å². The molecular formula is C17H18F3N3O. The lowest BCUT2D eigenvalue weighted by Gasteiger charge is -2.20. The second-order valence-corrected chi connectivity index (χ2v) is 5.26. The first-order chi connectivity index (χ1) is 11.4. The van der Waals surface area contributed by atoms with E-state index in [0.717, 1.165) is 11.6 Å². The van der Waals surface area contributed by atoms with Crippen molar-refractivity contribution in [3.63, 3.8) is 0 Å². The summed E-state index contributed by atoms with van der Waals surface area (Å²) in [5.74, 6) is -0.488. The van der Waals surface area contributed by atoms with Gasteiger partial charge in [-0.1, -0.05) is 25.1 Å². The molecule has 2 rings (SSSR count). The van der Waals surface area contributed by atoms with Crippen LogP contribution < -0.4 is 5.32 Å². The number of carbonyl (C=O) groups excluding carboxylic acids is 1. The number of alkyl halides is 3. The smallest absolute Gasteiger partial charge is 0.324 e. The molecule has 1 aromatic carbocycles. The minimum Gasteiger partial charge on any atom is -0.324 e. The lowest BCUT2D eigenvalue weighted by molar-refractivity contribution is -0.137. The first-order valence-electron chi connectivity index (χ1n) is 7.47. The molecule has 0 fully saturated rings. The number of likely N-dealkylation sites (N-methyl/N-ethyl adjacent to an activating group) is 1. The molecule has 1 amide bonds. The zero-order chi connectivity index (χ0) is 17.6. The number of amides is 1. The quantitative estimate of drug-likeness (QED) is 0.877. The van der Waals surface area contributed by atoms with Crippen molar-refractivity contribution in [2.75, 3.05) is 18.4 Å². The first kappa shape index (κ1) is 17.9. The SMILES string of the molecule is CCN(CC(=O)Nc1ccccc1C(F)(F)F)Cc1cccnc1. The van der Waals surface area contributed by atoms with Crippen LogP contribution in [0.4, 0.5) is 18.9 Å². The van der Waals surface area contributed by atoms with Gasteiger partial charge in [-0.05, 0) is 30.3 Å². The molecule has 0 spiro atoms. The Balaban J connectivity index is 2.02. The van der Waals surface area contributed by atoms with Crippen molar-refractivity contribution in [2.45, 2.75) is 19.6 Å². The van der Waals surface area contributed by atoms with E-state index in [9.17, 15) is 18.0 Å². The zero-order valence-electron chi connectivity index (χ0n) is 13.2. The third-order valence-electron chi connectivity index (χ3n) is 3.45. The molecule has 0 radical (unpaired) electrons. The van der Waals surface area contributed by atoms with E-state index in [1.165, 1.54) is 18.2 Å². The molecule has 1 heterocycles. The van der Waals surface area contributed by atoms with Gasteiger partial charge in [-0.2, -0.15) is 13.2 Å². The largest absolute Gasteiger partial charge is 0.418 e. The number of rotatable bonds is 6. The summed E-state index contributed by atoms with van der Waals surface area (Å²) in [6.07, 6.45) is -1.16. The number of anilines is 1. The van der Waals surface area contributed by atoms with Gasteiger partial charge in [0.1, 0.15) is 0 Å². The lowest BCUT2D eigenvalue weighted by atomic mass is 10.1. The molecule has 0 aliphatic heterocycles. The van der Waals surface area contributed by atoms with Crippen molar-refractivity contribution < 1.29 is 18.0 Å². The molecule has 0 bridgehead atoms. The van der Waals surface area contributed by atoms with Gasteiger partial charge in [-0.3, -0.25) is 14.7 Å². The van der Waals surface area contributed by atoms with Gasteiger partial charge in [-0.15, -0.1) is 0 Å². The Hall–Kier alpha value is -2.41. The third-order valence-corrected chi connectivity index (χ3v) is 3.45. The van der Waals surface area contributed by atoms with Gasteiger partial charge in [0.05, 0.1) is 17.8 Å². The molecule has 7 heteroatoms. The molecule has 0 saturated heterocycles. The van der Waals surface area contributed by atoms with Gasteiger partial charge < -0.3 is 5.32 Å². The Kier molecular flexibility index (Phi) is 5.92. The number of para-hydroxylation sites is 1. The molecule has 0 aliphatic rings. The van der Waals surface area contributed by atoms with Crippen LogP contribution in [0.1, 0.15) is 18.1 Å². The number of hydrogen-bond acceptors (Lipinski definition) is 3. The van der Waals surface area contributed by atoms with Crippen molar-refractivity contribution in [1.29, 1.82) is 0 Å². The van der Waals surface area contributed by atoms with Crippen molar-refractivity contribution in [2.24, 2.45) is 0 Å². The average Bonchev–Trinajstić information content (AvgIpc) is 2.54. The molecule has 24 heavy (non-hydrogen) atoms. The van der Waals surface area contributed by atoms with Crippen LogP contribution in [0, 0.1) is 0 Å². The predicted octanol–water partition coefficient (Wildman–Crippen LogP) is 3.56. The fourth-order valence-electron chi connectivity index (χ4n) is 2.26. The van der Waals surface area contributed by atoms with Crippen molar-refractivity contribution in [1.82, 2.24) is 9.88 Å². The molecular weight excluding hydrogens is 319 g/mol. The molecule has 0 unspecified atom stereocenters. The van der Waals surface area contributed by atoms with E-state index >= 15 is 0 Å². The number of benzene rings is 1. The summed E-state index contributed by atoms with van der Waals surface area (Å²) in [5, 5.41) is 2.35. The molecule has 1 N–H and O–H groups in total. The molecule has 0 atom stereocenters. The fraction of sp³-hybridized carbons (Fsp3) is 0.294. The second-order valence-electron chi connectivity index (χ2n) is 5.26.